The highest BCUT2D eigenvalue weighted by atomic mass is 35.5. The van der Waals surface area contributed by atoms with Crippen LogP contribution in [0, 0.1) is 0 Å². The van der Waals surface area contributed by atoms with Crippen LogP contribution >= 0.6 is 11.6 Å². The van der Waals surface area contributed by atoms with Crippen LogP contribution in [0.2, 0.25) is 5.15 Å². The second-order valence-electron chi connectivity index (χ2n) is 4.70. The zero-order valence-electron chi connectivity index (χ0n) is 11.9. The number of pyridine rings is 1. The molecule has 0 saturated heterocycles. The van der Waals surface area contributed by atoms with Gasteiger partial charge in [0, 0.05) is 24.3 Å². The van der Waals surface area contributed by atoms with Crippen molar-refractivity contribution in [1.82, 2.24) is 10.3 Å². The number of aromatic nitrogens is 1. The monoisotopic (exact) mass is 306 g/mol. The Bertz CT molecular complexity index is 560. The highest BCUT2D eigenvalue weighted by Gasteiger charge is 2.08. The van der Waals surface area contributed by atoms with Gasteiger partial charge in [-0.1, -0.05) is 35.9 Å². The molecule has 1 atom stereocenters. The van der Waals surface area contributed by atoms with Gasteiger partial charge in [-0.15, -0.1) is 0 Å². The molecule has 1 heterocycles. The summed E-state index contributed by atoms with van der Waals surface area (Å²) >= 11 is 5.79. The van der Waals surface area contributed by atoms with Crippen LogP contribution in [0.15, 0.2) is 42.6 Å². The molecular formula is C16H19ClN2O2. The number of nitrogens with zero attached hydrogens (tertiary/aromatic N) is 1. The van der Waals surface area contributed by atoms with Gasteiger partial charge in [-0.2, -0.15) is 0 Å². The molecular weight excluding hydrogens is 288 g/mol. The highest BCUT2D eigenvalue weighted by Crippen LogP contribution is 2.20. The SMILES string of the molecule is CC(NCc1ccccc1OCCO)c1ccc(Cl)nc1. The van der Waals surface area contributed by atoms with Crippen LogP contribution in [0.5, 0.6) is 5.75 Å². The zero-order valence-corrected chi connectivity index (χ0v) is 12.7. The largest absolute Gasteiger partial charge is 0.491 e. The summed E-state index contributed by atoms with van der Waals surface area (Å²) in [6.45, 7) is 3.05. The van der Waals surface area contributed by atoms with E-state index in [-0.39, 0.29) is 12.6 Å². The average molecular weight is 307 g/mol. The fraction of sp³-hybridized carbons (Fsp3) is 0.312. The molecule has 0 radical (unpaired) electrons. The van der Waals surface area contributed by atoms with Gasteiger partial charge < -0.3 is 15.2 Å². The molecule has 2 aromatic rings. The van der Waals surface area contributed by atoms with Crippen LogP contribution in [-0.2, 0) is 6.54 Å². The van der Waals surface area contributed by atoms with Gasteiger partial charge in [-0.05, 0) is 24.6 Å². The first kappa shape index (κ1) is 15.8. The minimum Gasteiger partial charge on any atom is -0.491 e. The molecule has 0 saturated carbocycles. The number of halogens is 1. The van der Waals surface area contributed by atoms with Crippen molar-refractivity contribution in [3.8, 4) is 5.75 Å². The summed E-state index contributed by atoms with van der Waals surface area (Å²) < 4.78 is 5.52. The van der Waals surface area contributed by atoms with Crippen molar-refractivity contribution in [3.63, 3.8) is 0 Å². The van der Waals surface area contributed by atoms with Crippen LogP contribution < -0.4 is 10.1 Å². The molecule has 0 aliphatic rings. The molecule has 1 aromatic carbocycles. The molecule has 21 heavy (non-hydrogen) atoms. The van der Waals surface area contributed by atoms with Crippen molar-refractivity contribution >= 4 is 11.6 Å². The first-order valence-electron chi connectivity index (χ1n) is 6.87. The predicted molar refractivity (Wildman–Crippen MR) is 83.5 cm³/mol. The maximum absolute atomic E-state index is 8.85. The Labute approximate surface area is 129 Å². The lowest BCUT2D eigenvalue weighted by molar-refractivity contribution is 0.200. The summed E-state index contributed by atoms with van der Waals surface area (Å²) in [7, 11) is 0. The molecule has 2 N–H and O–H groups in total. The summed E-state index contributed by atoms with van der Waals surface area (Å²) in [5, 5.41) is 12.8. The van der Waals surface area contributed by atoms with Crippen LogP contribution in [0.4, 0.5) is 0 Å². The molecule has 4 nitrogen and oxygen atoms in total. The van der Waals surface area contributed by atoms with Gasteiger partial charge in [0.1, 0.15) is 17.5 Å². The van der Waals surface area contributed by atoms with E-state index in [9.17, 15) is 0 Å². The molecule has 0 fully saturated rings. The number of benzene rings is 1. The molecule has 2 rings (SSSR count). The summed E-state index contributed by atoms with van der Waals surface area (Å²) in [6.07, 6.45) is 1.77. The average Bonchev–Trinajstić information content (AvgIpc) is 2.52. The lowest BCUT2D eigenvalue weighted by Crippen LogP contribution is -2.19. The number of aliphatic hydroxyl groups is 1. The number of aliphatic hydroxyl groups excluding tert-OH is 1. The van der Waals surface area contributed by atoms with Gasteiger partial charge in [0.2, 0.25) is 0 Å². The van der Waals surface area contributed by atoms with Crippen molar-refractivity contribution in [2.45, 2.75) is 19.5 Å². The summed E-state index contributed by atoms with van der Waals surface area (Å²) in [5.41, 5.74) is 2.13. The fourth-order valence-electron chi connectivity index (χ4n) is 1.97. The third-order valence-electron chi connectivity index (χ3n) is 3.17. The molecule has 1 unspecified atom stereocenters. The normalized spacial score (nSPS) is 12.1. The molecule has 0 bridgehead atoms. The molecule has 0 amide bonds. The van der Waals surface area contributed by atoms with E-state index in [1.54, 1.807) is 12.3 Å². The van der Waals surface area contributed by atoms with Gasteiger partial charge in [-0.25, -0.2) is 4.98 Å². The summed E-state index contributed by atoms with van der Waals surface area (Å²) in [6, 6.07) is 11.7. The van der Waals surface area contributed by atoms with Crippen LogP contribution in [0.1, 0.15) is 24.1 Å². The third kappa shape index (κ3) is 4.70. The molecule has 0 aliphatic heterocycles. The predicted octanol–water partition coefficient (Wildman–Crippen LogP) is 2.96. The summed E-state index contributed by atoms with van der Waals surface area (Å²) in [4.78, 5) is 4.09. The Morgan fingerprint density at radius 3 is 2.81 bits per heavy atom. The zero-order chi connectivity index (χ0) is 15.1. The molecule has 1 aromatic heterocycles. The quantitative estimate of drug-likeness (QED) is 0.772. The maximum atomic E-state index is 8.85. The number of nitrogens with one attached hydrogen (secondary N) is 1. The second kappa shape index (κ2) is 7.98. The minimum absolute atomic E-state index is 0.00854. The number of ether oxygens (including phenoxy) is 1. The van der Waals surface area contributed by atoms with Gasteiger partial charge in [-0.3, -0.25) is 0 Å². The van der Waals surface area contributed by atoms with Gasteiger partial charge >= 0.3 is 0 Å². The van der Waals surface area contributed by atoms with Gasteiger partial charge in [0.05, 0.1) is 6.61 Å². The standard InChI is InChI=1S/C16H19ClN2O2/c1-12(13-6-7-16(17)19-10-13)18-11-14-4-2-3-5-15(14)21-9-8-20/h2-7,10,12,18,20H,8-9,11H2,1H3. The molecule has 5 heteroatoms. The Morgan fingerprint density at radius 2 is 2.10 bits per heavy atom. The number of rotatable bonds is 7. The fourth-order valence-corrected chi connectivity index (χ4v) is 2.08. The number of hydrogen-bond acceptors (Lipinski definition) is 4. The van der Waals surface area contributed by atoms with Crippen molar-refractivity contribution < 1.29 is 9.84 Å². The Balaban J connectivity index is 1.97. The van der Waals surface area contributed by atoms with E-state index >= 15 is 0 Å². The van der Waals surface area contributed by atoms with E-state index in [1.165, 1.54) is 0 Å². The Hall–Kier alpha value is -1.62. The number of hydrogen-bond donors (Lipinski definition) is 2. The van der Waals surface area contributed by atoms with Crippen LogP contribution in [-0.4, -0.2) is 23.3 Å². The van der Waals surface area contributed by atoms with Gasteiger partial charge in [0.25, 0.3) is 0 Å². The first-order valence-corrected chi connectivity index (χ1v) is 7.25. The summed E-state index contributed by atoms with van der Waals surface area (Å²) in [5.74, 6) is 0.792. The molecule has 0 aliphatic carbocycles. The second-order valence-corrected chi connectivity index (χ2v) is 5.08. The lowest BCUT2D eigenvalue weighted by Gasteiger charge is -2.16. The smallest absolute Gasteiger partial charge is 0.129 e. The molecule has 112 valence electrons. The maximum Gasteiger partial charge on any atom is 0.129 e. The molecule has 0 spiro atoms. The highest BCUT2D eigenvalue weighted by molar-refractivity contribution is 6.29. The Morgan fingerprint density at radius 1 is 1.29 bits per heavy atom. The topological polar surface area (TPSA) is 54.4 Å². The van der Waals surface area contributed by atoms with Crippen molar-refractivity contribution in [3.05, 3.63) is 58.9 Å². The third-order valence-corrected chi connectivity index (χ3v) is 3.39. The first-order chi connectivity index (χ1) is 10.2. The Kier molecular flexibility index (Phi) is 5.99. The minimum atomic E-state index is 0.00854. The number of para-hydroxylation sites is 1. The van der Waals surface area contributed by atoms with E-state index in [0.717, 1.165) is 16.9 Å². The van der Waals surface area contributed by atoms with E-state index < -0.39 is 0 Å². The van der Waals surface area contributed by atoms with Crippen molar-refractivity contribution in [2.24, 2.45) is 0 Å². The van der Waals surface area contributed by atoms with E-state index in [1.807, 2.05) is 30.3 Å². The van der Waals surface area contributed by atoms with Crippen molar-refractivity contribution in [2.75, 3.05) is 13.2 Å². The van der Waals surface area contributed by atoms with Crippen LogP contribution in [0.25, 0.3) is 0 Å². The lowest BCUT2D eigenvalue weighted by atomic mass is 10.1. The van der Waals surface area contributed by atoms with Crippen molar-refractivity contribution in [1.29, 1.82) is 0 Å². The van der Waals surface area contributed by atoms with E-state index in [0.29, 0.717) is 18.3 Å². The van der Waals surface area contributed by atoms with Crippen LogP contribution in [0.3, 0.4) is 0 Å². The van der Waals surface area contributed by atoms with Gasteiger partial charge in [0.15, 0.2) is 0 Å². The van der Waals surface area contributed by atoms with E-state index in [4.69, 9.17) is 21.4 Å². The van der Waals surface area contributed by atoms with E-state index in [2.05, 4.69) is 17.2 Å².